The van der Waals surface area contributed by atoms with E-state index in [1.165, 1.54) is 61.3 Å². The minimum absolute atomic E-state index is 0.0683. The number of aromatic amines is 1. The third-order valence-corrected chi connectivity index (χ3v) is 11.1. The van der Waals surface area contributed by atoms with Crippen molar-refractivity contribution in [3.63, 3.8) is 0 Å². The molecule has 1 aromatic carbocycles. The summed E-state index contributed by atoms with van der Waals surface area (Å²) in [6.45, 7) is 5.30. The van der Waals surface area contributed by atoms with E-state index in [2.05, 4.69) is 27.6 Å². The van der Waals surface area contributed by atoms with Gasteiger partial charge in [0.15, 0.2) is 28.5 Å². The molecule has 20 nitrogen and oxygen atoms in total. The maximum atomic E-state index is 11.8. The van der Waals surface area contributed by atoms with E-state index in [1.54, 1.807) is 7.11 Å². The number of hydrogen-bond donors (Lipinski definition) is 2. The van der Waals surface area contributed by atoms with Crippen molar-refractivity contribution in [2.45, 2.75) is 38.1 Å². The van der Waals surface area contributed by atoms with Crippen LogP contribution in [0.2, 0.25) is 0 Å². The molecule has 0 spiro atoms. The molecule has 9 rings (SSSR count). The number of aryl methyl sites for hydroxylation is 2. The summed E-state index contributed by atoms with van der Waals surface area (Å²) in [4.78, 5) is 80.4. The van der Waals surface area contributed by atoms with Crippen LogP contribution in [-0.4, -0.2) is 80.7 Å². The highest BCUT2D eigenvalue weighted by molar-refractivity contribution is 5.81. The number of imidazole rings is 2. The van der Waals surface area contributed by atoms with E-state index >= 15 is 0 Å². The van der Waals surface area contributed by atoms with Crippen LogP contribution in [-0.2, 0) is 50.9 Å². The molecule has 6 aromatic rings. The minimum atomic E-state index is -1.33. The molecule has 1 unspecified atom stereocenters. The standard InChI is InChI=1S/C20H24N2O2.2C9H10N4O4/c1-3-13-12-22-9-7-14(13)10-19(22)20(23)16-6-8-21-18-5-4-15(24-2)11-17(16)18;2*1-11-7-6(8(16)12(2)9(11)17)13(4-10-7)3-5(14)15/h3-6,8,11,13-14,19-20,23H,1,7,9-10,12H2,2H3;2*4H,3H2,1-2H3,(H,14,15)/t13-,14-,19-,20+;;/m0../s1. The number of rotatable bonds is 8. The number of carbonyl (C=O) groups excluding carboxylic acids is 2. The maximum absolute atomic E-state index is 11.8. The third kappa shape index (κ3) is 7.58. The summed E-state index contributed by atoms with van der Waals surface area (Å²) in [5.41, 5.74) is 0.285. The molecule has 0 radical (unpaired) electrons. The Kier molecular flexibility index (Phi) is 11.6. The summed E-state index contributed by atoms with van der Waals surface area (Å²) < 4.78 is 11.8. The van der Waals surface area contributed by atoms with Crippen molar-refractivity contribution in [3.8, 4) is 5.75 Å². The molecule has 2 bridgehead atoms. The molecular formula is C38H44N10O10. The predicted molar refractivity (Wildman–Crippen MR) is 203 cm³/mol. The molecule has 3 saturated heterocycles. The van der Waals surface area contributed by atoms with Crippen LogP contribution in [0.5, 0.6) is 5.75 Å². The molecule has 306 valence electrons. The third-order valence-electron chi connectivity index (χ3n) is 11.1. The lowest BCUT2D eigenvalue weighted by Crippen LogP contribution is -3.20. The van der Waals surface area contributed by atoms with Gasteiger partial charge < -0.3 is 43.7 Å². The molecule has 5 aromatic heterocycles. The van der Waals surface area contributed by atoms with Gasteiger partial charge in [-0.05, 0) is 18.1 Å². The van der Waals surface area contributed by atoms with Crippen LogP contribution in [0.4, 0.5) is 0 Å². The lowest BCUT2D eigenvalue weighted by atomic mass is 9.73. The Hall–Kier alpha value is -6.67. The number of fused-ring (bicyclic) bond motifs is 6. The summed E-state index contributed by atoms with van der Waals surface area (Å²) in [7, 11) is 7.23. The molecule has 8 heterocycles. The van der Waals surface area contributed by atoms with Crippen LogP contribution >= 0.6 is 0 Å². The Labute approximate surface area is 328 Å². The number of aliphatic carboxylic acids is 2. The molecule has 3 aliphatic rings. The number of carboxylic acids is 2. The minimum Gasteiger partial charge on any atom is -0.548 e. The van der Waals surface area contributed by atoms with Crippen LogP contribution in [0.1, 0.15) is 24.5 Å². The average Bonchev–Trinajstić information content (AvgIpc) is 3.84. The lowest BCUT2D eigenvalue weighted by molar-refractivity contribution is -0.949. The van der Waals surface area contributed by atoms with E-state index < -0.39 is 53.6 Å². The maximum Gasteiger partial charge on any atom is 0.332 e. The number of piperidine rings is 3. The molecule has 0 saturated carbocycles. The fourth-order valence-electron chi connectivity index (χ4n) is 8.02. The highest BCUT2D eigenvalue weighted by atomic mass is 16.5. The van der Waals surface area contributed by atoms with Gasteiger partial charge in [-0.1, -0.05) is 6.08 Å². The van der Waals surface area contributed by atoms with E-state index in [9.17, 15) is 44.1 Å². The second-order valence-corrected chi connectivity index (χ2v) is 14.4. The molecule has 5 atom stereocenters. The number of hydrogen-bond acceptors (Lipinski definition) is 12. The molecule has 3 fully saturated rings. The van der Waals surface area contributed by atoms with Gasteiger partial charge in [-0.15, -0.1) is 6.58 Å². The molecular weight excluding hydrogens is 756 g/mol. The zero-order chi connectivity index (χ0) is 42.2. The van der Waals surface area contributed by atoms with Gasteiger partial charge in [0.05, 0.1) is 63.3 Å². The number of carboxylic acid groups (broad SMARTS) is 2. The summed E-state index contributed by atoms with van der Waals surface area (Å²) in [6, 6.07) is 8.26. The Balaban J connectivity index is 0.000000150. The number of H-pyrrole nitrogens is 1. The molecule has 20 heteroatoms. The van der Waals surface area contributed by atoms with Crippen LogP contribution in [0.3, 0.4) is 0 Å². The number of aliphatic hydroxyl groups is 1. The molecule has 3 aliphatic heterocycles. The van der Waals surface area contributed by atoms with Gasteiger partial charge in [-0.25, -0.2) is 24.5 Å². The monoisotopic (exact) mass is 800 g/mol. The highest BCUT2D eigenvalue weighted by Gasteiger charge is 2.46. The number of aliphatic hydroxyl groups excluding tert-OH is 1. The topological polar surface area (TPSA) is 252 Å². The van der Waals surface area contributed by atoms with Crippen molar-refractivity contribution in [2.75, 3.05) is 20.2 Å². The Morgan fingerprint density at radius 1 is 0.931 bits per heavy atom. The number of nitrogens with one attached hydrogen (secondary N) is 2. The first kappa shape index (κ1) is 41.0. The van der Waals surface area contributed by atoms with E-state index in [0.717, 1.165) is 60.0 Å². The number of benzene rings is 1. The fraction of sp³-hybridized carbons (Fsp3) is 0.395. The van der Waals surface area contributed by atoms with Crippen molar-refractivity contribution in [3.05, 3.63) is 103 Å². The van der Waals surface area contributed by atoms with Crippen molar-refractivity contribution >= 4 is 45.2 Å². The molecule has 0 amide bonds. The van der Waals surface area contributed by atoms with Gasteiger partial charge in [-0.2, -0.15) is 0 Å². The largest absolute Gasteiger partial charge is 0.548 e. The Morgan fingerprint density at radius 2 is 1.48 bits per heavy atom. The SMILES string of the molecule is C=C[C@H]1C[NH+]2CC[C@H]1C[C@H]2[C@H](O)c1cc[nH+]c2ccc(OC)cc12.Cn1c(=O)c2c(ncn2CC(=O)[O-])n(C)c1=O.Cn1c(=O)c2c(ncn2CC(=O)[O-])n(C)c1=O. The summed E-state index contributed by atoms with van der Waals surface area (Å²) >= 11 is 0. The number of nitrogens with zero attached hydrogens (tertiary/aromatic N) is 8. The number of pyridine rings is 1. The van der Waals surface area contributed by atoms with Gasteiger partial charge in [0.2, 0.25) is 5.52 Å². The first-order valence-electron chi connectivity index (χ1n) is 18.3. The number of carbonyl (C=O) groups is 2. The van der Waals surface area contributed by atoms with Crippen molar-refractivity contribution < 1.29 is 39.5 Å². The van der Waals surface area contributed by atoms with Crippen molar-refractivity contribution in [1.82, 2.24) is 37.4 Å². The first-order chi connectivity index (χ1) is 27.6. The molecule has 0 aliphatic carbocycles. The number of methoxy groups -OCH3 is 1. The molecule has 3 N–H and O–H groups in total. The number of quaternary nitrogens is 1. The van der Waals surface area contributed by atoms with Crippen LogP contribution < -0.4 is 47.3 Å². The van der Waals surface area contributed by atoms with Gasteiger partial charge >= 0.3 is 11.4 Å². The van der Waals surface area contributed by atoms with E-state index in [0.29, 0.717) is 11.8 Å². The second kappa shape index (κ2) is 16.4. The Bertz CT molecular complexity index is 2680. The normalized spacial score (nSPS) is 18.9. The van der Waals surface area contributed by atoms with E-state index in [-0.39, 0.29) is 28.4 Å². The molecule has 58 heavy (non-hydrogen) atoms. The number of aromatic nitrogens is 9. The number of ether oxygens (including phenoxy) is 1. The van der Waals surface area contributed by atoms with Crippen LogP contribution in [0.15, 0.2) is 75.0 Å². The van der Waals surface area contributed by atoms with Gasteiger partial charge in [-0.3, -0.25) is 27.9 Å². The zero-order valence-electron chi connectivity index (χ0n) is 32.6. The zero-order valence-corrected chi connectivity index (χ0v) is 32.6. The van der Waals surface area contributed by atoms with Gasteiger partial charge in [0, 0.05) is 64.6 Å². The second-order valence-electron chi connectivity index (χ2n) is 14.4. The summed E-state index contributed by atoms with van der Waals surface area (Å²) in [5.74, 6) is -0.561. The first-order valence-corrected chi connectivity index (χ1v) is 18.3. The van der Waals surface area contributed by atoms with Crippen molar-refractivity contribution in [1.29, 1.82) is 0 Å². The lowest BCUT2D eigenvalue weighted by Gasteiger charge is -2.47. The summed E-state index contributed by atoms with van der Waals surface area (Å²) in [5, 5.41) is 33.3. The smallest absolute Gasteiger partial charge is 0.332 e. The highest BCUT2D eigenvalue weighted by Crippen LogP contribution is 2.34. The van der Waals surface area contributed by atoms with Crippen molar-refractivity contribution in [2.24, 2.45) is 40.0 Å². The quantitative estimate of drug-likeness (QED) is 0.138. The van der Waals surface area contributed by atoms with Crippen LogP contribution in [0, 0.1) is 11.8 Å². The fourth-order valence-corrected chi connectivity index (χ4v) is 8.02. The predicted octanol–water partition coefficient (Wildman–Crippen LogP) is -4.46. The van der Waals surface area contributed by atoms with Gasteiger partial charge in [0.25, 0.3) is 11.1 Å². The average molecular weight is 801 g/mol. The summed E-state index contributed by atoms with van der Waals surface area (Å²) in [6.07, 6.45) is 8.32. The van der Waals surface area contributed by atoms with Gasteiger partial charge in [0.1, 0.15) is 17.9 Å². The van der Waals surface area contributed by atoms with E-state index in [4.69, 9.17) is 4.74 Å². The van der Waals surface area contributed by atoms with Crippen LogP contribution in [0.25, 0.3) is 33.2 Å². The Morgan fingerprint density at radius 3 is 1.95 bits per heavy atom. The van der Waals surface area contributed by atoms with E-state index in [1.807, 2.05) is 30.5 Å².